The molecule has 0 spiro atoms. The number of carbonyl (C=O) groups excluding carboxylic acids is 3. The maximum absolute atomic E-state index is 14.1. The van der Waals surface area contributed by atoms with Gasteiger partial charge in [0.25, 0.3) is 0 Å². The number of likely N-dealkylation sites (tertiary alicyclic amines) is 1. The van der Waals surface area contributed by atoms with Gasteiger partial charge in [-0.25, -0.2) is 4.79 Å². The van der Waals surface area contributed by atoms with Gasteiger partial charge in [0.2, 0.25) is 11.8 Å². The van der Waals surface area contributed by atoms with Crippen LogP contribution < -0.4 is 5.32 Å². The molecule has 6 aromatic carbocycles. The van der Waals surface area contributed by atoms with Gasteiger partial charge in [-0.1, -0.05) is 182 Å². The summed E-state index contributed by atoms with van der Waals surface area (Å²) in [7, 11) is 0. The van der Waals surface area contributed by atoms with E-state index < -0.39 is 17.7 Å². The normalized spacial score (nSPS) is 20.9. The molecule has 6 aromatic rings. The average Bonchev–Trinajstić information content (AvgIpc) is 4.10. The summed E-state index contributed by atoms with van der Waals surface area (Å²) in [6, 6.07) is 62.8. The molecule has 368 valence electrons. The lowest BCUT2D eigenvalue weighted by Gasteiger charge is -2.41. The Morgan fingerprint density at radius 3 is 1.23 bits per heavy atom. The summed E-state index contributed by atoms with van der Waals surface area (Å²) < 4.78 is 5.73. The number of rotatable bonds is 10. The summed E-state index contributed by atoms with van der Waals surface area (Å²) in [4.78, 5) is 51.5. The van der Waals surface area contributed by atoms with Crippen molar-refractivity contribution < 1.29 is 19.1 Å². The molecule has 0 saturated carbocycles. The van der Waals surface area contributed by atoms with Crippen molar-refractivity contribution in [3.05, 3.63) is 215 Å². The Balaban J connectivity index is 0.000000179. The van der Waals surface area contributed by atoms with Gasteiger partial charge in [-0.05, 0) is 73.5 Å². The number of hydrogen-bond donors (Lipinski definition) is 1. The molecule has 4 fully saturated rings. The minimum atomic E-state index is -0.620. The van der Waals surface area contributed by atoms with Crippen molar-refractivity contribution in [2.24, 2.45) is 0 Å². The standard InChI is InChI=1S/C33H39N3O3.C28H31N3O/c1-33(2,3)39-32(38)36-20-19-28(25-13-7-4-8-14-25)30(36)31(37)35-23-21-34(22-24-35)29(26-15-9-5-10-16-26)27-17-11-6-12-18-27;32-28(26-25(16-17-29-26)22-10-4-1-5-11-22)31-20-18-30(19-21-31)27(23-12-6-2-7-13-23)24-14-8-3-9-15-24/h4-18,28-30H,19-24H2,1-3H3;1-15,25-27,29H,16-21H2/t28-,30+;25-,26+/m11/s1. The molecular weight excluding hydrogens is 881 g/mol. The third kappa shape index (κ3) is 12.0. The topological polar surface area (TPSA) is 88.7 Å². The molecule has 4 aliphatic heterocycles. The van der Waals surface area contributed by atoms with E-state index in [9.17, 15) is 14.4 Å². The Labute approximate surface area is 421 Å². The van der Waals surface area contributed by atoms with Crippen molar-refractivity contribution in [3.63, 3.8) is 0 Å². The lowest BCUT2D eigenvalue weighted by molar-refractivity contribution is -0.138. The molecular formula is C61H70N6O4. The highest BCUT2D eigenvalue weighted by atomic mass is 16.6. The highest BCUT2D eigenvalue weighted by molar-refractivity contribution is 5.88. The van der Waals surface area contributed by atoms with Gasteiger partial charge < -0.3 is 19.9 Å². The van der Waals surface area contributed by atoms with Crippen LogP contribution in [0.5, 0.6) is 0 Å². The van der Waals surface area contributed by atoms with Gasteiger partial charge in [-0.2, -0.15) is 0 Å². The first-order valence-electron chi connectivity index (χ1n) is 25.7. The fourth-order valence-corrected chi connectivity index (χ4v) is 11.2. The van der Waals surface area contributed by atoms with Crippen LogP contribution in [-0.4, -0.2) is 126 Å². The van der Waals surface area contributed by atoms with Crippen molar-refractivity contribution in [2.75, 3.05) is 65.4 Å². The molecule has 0 bridgehead atoms. The number of nitrogens with zero attached hydrogens (tertiary/aromatic N) is 5. The molecule has 0 aliphatic carbocycles. The Bertz CT molecular complexity index is 2520. The Morgan fingerprint density at radius 2 is 0.831 bits per heavy atom. The number of hydrogen-bond acceptors (Lipinski definition) is 7. The molecule has 3 amide bonds. The minimum Gasteiger partial charge on any atom is -0.444 e. The Hall–Kier alpha value is -6.59. The van der Waals surface area contributed by atoms with Crippen LogP contribution in [0.15, 0.2) is 182 Å². The predicted octanol–water partition coefficient (Wildman–Crippen LogP) is 9.78. The summed E-state index contributed by atoms with van der Waals surface area (Å²) in [5.41, 5.74) is 6.85. The van der Waals surface area contributed by atoms with E-state index in [2.05, 4.69) is 166 Å². The Morgan fingerprint density at radius 1 is 0.465 bits per heavy atom. The van der Waals surface area contributed by atoms with Crippen molar-refractivity contribution in [3.8, 4) is 0 Å². The van der Waals surface area contributed by atoms with Crippen LogP contribution in [0.25, 0.3) is 0 Å². The highest BCUT2D eigenvalue weighted by Crippen LogP contribution is 2.37. The minimum absolute atomic E-state index is 0.0165. The highest BCUT2D eigenvalue weighted by Gasteiger charge is 2.46. The van der Waals surface area contributed by atoms with Crippen LogP contribution in [0.1, 0.15) is 90.9 Å². The largest absolute Gasteiger partial charge is 0.444 e. The summed E-state index contributed by atoms with van der Waals surface area (Å²) in [6.07, 6.45) is 1.35. The van der Waals surface area contributed by atoms with E-state index in [0.717, 1.165) is 64.2 Å². The van der Waals surface area contributed by atoms with Crippen molar-refractivity contribution in [2.45, 2.75) is 75.2 Å². The lowest BCUT2D eigenvalue weighted by atomic mass is 9.90. The second-order valence-electron chi connectivity index (χ2n) is 20.3. The number of ether oxygens (including phenoxy) is 1. The van der Waals surface area contributed by atoms with E-state index in [1.54, 1.807) is 4.90 Å². The first-order chi connectivity index (χ1) is 34.6. The molecule has 4 atom stereocenters. The van der Waals surface area contributed by atoms with Gasteiger partial charge in [0, 0.05) is 70.7 Å². The van der Waals surface area contributed by atoms with Gasteiger partial charge in [0.15, 0.2) is 0 Å². The van der Waals surface area contributed by atoms with Crippen LogP contribution in [0, 0.1) is 0 Å². The smallest absolute Gasteiger partial charge is 0.410 e. The van der Waals surface area contributed by atoms with Crippen molar-refractivity contribution >= 4 is 17.9 Å². The van der Waals surface area contributed by atoms with Crippen LogP contribution >= 0.6 is 0 Å². The first-order valence-corrected chi connectivity index (χ1v) is 25.7. The van der Waals surface area contributed by atoms with E-state index in [1.807, 2.05) is 62.1 Å². The number of benzene rings is 6. The van der Waals surface area contributed by atoms with E-state index in [4.69, 9.17) is 4.74 Å². The molecule has 0 radical (unpaired) electrons. The maximum Gasteiger partial charge on any atom is 0.410 e. The van der Waals surface area contributed by atoms with E-state index in [-0.39, 0.29) is 41.8 Å². The predicted molar refractivity (Wildman–Crippen MR) is 282 cm³/mol. The zero-order chi connectivity index (χ0) is 49.2. The molecule has 10 heteroatoms. The van der Waals surface area contributed by atoms with Gasteiger partial charge in [-0.15, -0.1) is 0 Å². The van der Waals surface area contributed by atoms with Gasteiger partial charge in [-0.3, -0.25) is 24.3 Å². The van der Waals surface area contributed by atoms with Gasteiger partial charge in [0.05, 0.1) is 18.1 Å². The third-order valence-corrected chi connectivity index (χ3v) is 14.7. The molecule has 4 saturated heterocycles. The fraction of sp³-hybridized carbons (Fsp3) is 0.361. The summed E-state index contributed by atoms with van der Waals surface area (Å²) in [6.45, 7) is 13.1. The number of piperazine rings is 2. The van der Waals surface area contributed by atoms with E-state index in [0.29, 0.717) is 19.6 Å². The number of amides is 3. The lowest BCUT2D eigenvalue weighted by Crippen LogP contribution is -2.56. The van der Waals surface area contributed by atoms with E-state index in [1.165, 1.54) is 27.8 Å². The molecule has 10 rings (SSSR count). The van der Waals surface area contributed by atoms with Gasteiger partial charge >= 0.3 is 6.09 Å². The monoisotopic (exact) mass is 951 g/mol. The molecule has 0 unspecified atom stereocenters. The summed E-state index contributed by atoms with van der Waals surface area (Å²) >= 11 is 0. The molecule has 1 N–H and O–H groups in total. The molecule has 4 aliphatic rings. The third-order valence-electron chi connectivity index (χ3n) is 14.7. The first kappa shape index (κ1) is 49.4. The second-order valence-corrected chi connectivity index (χ2v) is 20.3. The molecule has 4 heterocycles. The van der Waals surface area contributed by atoms with Gasteiger partial charge in [0.1, 0.15) is 11.6 Å². The Kier molecular flexibility index (Phi) is 16.1. The van der Waals surface area contributed by atoms with Crippen molar-refractivity contribution in [1.29, 1.82) is 0 Å². The van der Waals surface area contributed by atoms with Crippen LogP contribution in [0.4, 0.5) is 4.79 Å². The van der Waals surface area contributed by atoms with Crippen LogP contribution in [0.3, 0.4) is 0 Å². The fourth-order valence-electron chi connectivity index (χ4n) is 11.2. The molecule has 0 aromatic heterocycles. The SMILES string of the molecule is CC(C)(C)OC(=O)N1CC[C@H](c2ccccc2)[C@H]1C(=O)N1CCN(C(c2ccccc2)c2ccccc2)CC1.O=C([C@H]1NCC[C@@H]1c1ccccc1)N1CCN(C(c2ccccc2)c2ccccc2)CC1. The summed E-state index contributed by atoms with van der Waals surface area (Å²) in [5.74, 6) is 0.489. The number of carbonyl (C=O) groups is 3. The van der Waals surface area contributed by atoms with Crippen LogP contribution in [0.2, 0.25) is 0 Å². The zero-order valence-corrected chi connectivity index (χ0v) is 41.6. The van der Waals surface area contributed by atoms with Crippen molar-refractivity contribution in [1.82, 2.24) is 29.8 Å². The van der Waals surface area contributed by atoms with E-state index >= 15 is 0 Å². The number of nitrogens with one attached hydrogen (secondary N) is 1. The molecule has 71 heavy (non-hydrogen) atoms. The summed E-state index contributed by atoms with van der Waals surface area (Å²) in [5, 5.41) is 3.48. The quantitative estimate of drug-likeness (QED) is 0.146. The van der Waals surface area contributed by atoms with Crippen LogP contribution in [-0.2, 0) is 14.3 Å². The molecule has 10 nitrogen and oxygen atoms in total. The average molecular weight is 951 g/mol. The second kappa shape index (κ2) is 23.1. The maximum atomic E-state index is 14.1. The zero-order valence-electron chi connectivity index (χ0n) is 41.6.